The van der Waals surface area contributed by atoms with E-state index in [-0.39, 0.29) is 11.5 Å². The minimum absolute atomic E-state index is 0.112. The number of aromatic hydroxyl groups is 1. The smallest absolute Gasteiger partial charge is 0.115 e. The number of unbranched alkanes of at least 4 members (excludes halogenated alkanes) is 6. The molecule has 2 saturated carbocycles. The van der Waals surface area contributed by atoms with Crippen molar-refractivity contribution in [2.75, 3.05) is 6.54 Å². The van der Waals surface area contributed by atoms with Crippen molar-refractivity contribution < 1.29 is 10.2 Å². The fourth-order valence-electron chi connectivity index (χ4n) is 7.47. The third kappa shape index (κ3) is 4.30. The molecule has 0 spiro atoms. The number of hydrogen-bond acceptors (Lipinski definition) is 3. The monoisotopic (exact) mass is 413 g/mol. The van der Waals surface area contributed by atoms with Gasteiger partial charge in [-0.3, -0.25) is 0 Å². The summed E-state index contributed by atoms with van der Waals surface area (Å²) in [6.07, 6.45) is 16.0. The largest absolute Gasteiger partial charge is 0.508 e. The van der Waals surface area contributed by atoms with Crippen LogP contribution < -0.4 is 5.73 Å². The lowest BCUT2D eigenvalue weighted by molar-refractivity contribution is -0.0396. The number of rotatable bonds is 9. The molecule has 0 saturated heterocycles. The lowest BCUT2D eigenvalue weighted by atomic mass is 9.52. The second kappa shape index (κ2) is 9.61. The van der Waals surface area contributed by atoms with Gasteiger partial charge < -0.3 is 15.9 Å². The number of aliphatic hydroxyl groups is 1. The van der Waals surface area contributed by atoms with Crippen LogP contribution in [0.1, 0.15) is 101 Å². The second-order valence-corrected chi connectivity index (χ2v) is 10.8. The lowest BCUT2D eigenvalue weighted by Crippen LogP contribution is -2.47. The highest BCUT2D eigenvalue weighted by atomic mass is 16.3. The highest BCUT2D eigenvalue weighted by molar-refractivity contribution is 5.40. The third-order valence-electron chi connectivity index (χ3n) is 9.11. The predicted molar refractivity (Wildman–Crippen MR) is 124 cm³/mol. The molecular formula is C27H43NO2. The number of fused-ring (bicyclic) bond motifs is 5. The fourth-order valence-corrected chi connectivity index (χ4v) is 7.47. The first-order valence-corrected chi connectivity index (χ1v) is 12.7. The number of nitrogens with two attached hydrogens (primary N) is 1. The van der Waals surface area contributed by atoms with Gasteiger partial charge in [0.05, 0.1) is 6.10 Å². The summed E-state index contributed by atoms with van der Waals surface area (Å²) < 4.78 is 0. The molecule has 0 aromatic heterocycles. The maximum absolute atomic E-state index is 10.8. The van der Waals surface area contributed by atoms with Crippen LogP contribution in [0, 0.1) is 23.2 Å². The Kier molecular flexibility index (Phi) is 7.09. The average molecular weight is 414 g/mol. The number of phenols is 1. The summed E-state index contributed by atoms with van der Waals surface area (Å²) in [6, 6.07) is 6.12. The SMILES string of the molecule is C[C@]12CC[C@@H]3c4ccc(O)cc4C[C@@H](CCCCCCCCCN)[C@H]3[C@@H]1CC[C@@H]2O. The number of aliphatic hydroxyl groups excluding tert-OH is 1. The summed E-state index contributed by atoms with van der Waals surface area (Å²) in [5, 5.41) is 20.9. The summed E-state index contributed by atoms with van der Waals surface area (Å²) in [4.78, 5) is 0. The van der Waals surface area contributed by atoms with E-state index >= 15 is 0 Å². The van der Waals surface area contributed by atoms with Crippen molar-refractivity contribution in [3.05, 3.63) is 29.3 Å². The number of benzene rings is 1. The Hall–Kier alpha value is -1.06. The van der Waals surface area contributed by atoms with Crippen LogP contribution in [0.2, 0.25) is 0 Å². The van der Waals surface area contributed by atoms with Crippen LogP contribution in [0.3, 0.4) is 0 Å². The van der Waals surface area contributed by atoms with E-state index in [1.165, 1.54) is 75.3 Å². The minimum atomic E-state index is -0.112. The van der Waals surface area contributed by atoms with Crippen molar-refractivity contribution in [3.8, 4) is 5.75 Å². The molecule has 168 valence electrons. The molecule has 3 heteroatoms. The van der Waals surface area contributed by atoms with Crippen LogP contribution >= 0.6 is 0 Å². The third-order valence-corrected chi connectivity index (χ3v) is 9.11. The van der Waals surface area contributed by atoms with Gasteiger partial charge in [-0.25, -0.2) is 0 Å². The number of hydrogen-bond donors (Lipinski definition) is 3. The standard InChI is InChI=1S/C27H43NO2/c1-27-15-14-23-22-11-10-21(29)18-20(22)17-19(26(23)24(27)12-13-25(27)30)9-7-5-3-2-4-6-8-16-28/h10-11,18-19,23-26,29-30H,2-9,12-17,28H2,1H3/t19-,23-,24+,25+,26-,27+/m1/s1. The summed E-state index contributed by atoms with van der Waals surface area (Å²) in [6.45, 7) is 3.20. The summed E-state index contributed by atoms with van der Waals surface area (Å²) in [5.74, 6) is 3.12. The maximum atomic E-state index is 10.8. The van der Waals surface area contributed by atoms with Gasteiger partial charge in [-0.05, 0) is 104 Å². The van der Waals surface area contributed by atoms with Crippen LogP contribution in [-0.4, -0.2) is 22.9 Å². The Bertz CT molecular complexity index is 704. The van der Waals surface area contributed by atoms with Crippen molar-refractivity contribution in [1.29, 1.82) is 0 Å². The van der Waals surface area contributed by atoms with E-state index in [2.05, 4.69) is 13.0 Å². The lowest BCUT2D eigenvalue weighted by Gasteiger charge is -2.53. The first-order chi connectivity index (χ1) is 14.5. The molecule has 6 atom stereocenters. The molecule has 3 nitrogen and oxygen atoms in total. The molecule has 0 amide bonds. The van der Waals surface area contributed by atoms with E-state index < -0.39 is 0 Å². The Labute approximate surface area is 183 Å². The van der Waals surface area contributed by atoms with Gasteiger partial charge in [-0.1, -0.05) is 51.5 Å². The van der Waals surface area contributed by atoms with E-state index in [4.69, 9.17) is 5.73 Å². The molecule has 4 rings (SSSR count). The molecule has 0 unspecified atom stereocenters. The van der Waals surface area contributed by atoms with Gasteiger partial charge in [0, 0.05) is 0 Å². The Morgan fingerprint density at radius 3 is 2.50 bits per heavy atom. The molecule has 0 bridgehead atoms. The molecule has 0 radical (unpaired) electrons. The fraction of sp³-hybridized carbons (Fsp3) is 0.778. The zero-order chi connectivity index (χ0) is 21.1. The topological polar surface area (TPSA) is 66.5 Å². The summed E-state index contributed by atoms with van der Waals surface area (Å²) >= 11 is 0. The molecule has 3 aliphatic carbocycles. The van der Waals surface area contributed by atoms with Crippen molar-refractivity contribution in [2.24, 2.45) is 28.9 Å². The van der Waals surface area contributed by atoms with Crippen LogP contribution in [-0.2, 0) is 6.42 Å². The molecule has 3 aliphatic rings. The zero-order valence-corrected chi connectivity index (χ0v) is 19.0. The first kappa shape index (κ1) is 22.1. The van der Waals surface area contributed by atoms with Gasteiger partial charge in [0.15, 0.2) is 0 Å². The summed E-state index contributed by atoms with van der Waals surface area (Å²) in [7, 11) is 0. The van der Waals surface area contributed by atoms with Gasteiger partial charge in [0.25, 0.3) is 0 Å². The highest BCUT2D eigenvalue weighted by Gasteiger charge is 2.56. The molecule has 4 N–H and O–H groups in total. The Morgan fingerprint density at radius 1 is 1.00 bits per heavy atom. The van der Waals surface area contributed by atoms with Crippen molar-refractivity contribution >= 4 is 0 Å². The zero-order valence-electron chi connectivity index (χ0n) is 19.0. The molecular weight excluding hydrogens is 370 g/mol. The minimum Gasteiger partial charge on any atom is -0.508 e. The average Bonchev–Trinajstić information content (AvgIpc) is 3.04. The van der Waals surface area contributed by atoms with Gasteiger partial charge in [-0.15, -0.1) is 0 Å². The van der Waals surface area contributed by atoms with E-state index in [0.717, 1.165) is 25.8 Å². The second-order valence-electron chi connectivity index (χ2n) is 10.8. The van der Waals surface area contributed by atoms with E-state index in [1.54, 1.807) is 0 Å². The van der Waals surface area contributed by atoms with E-state index in [9.17, 15) is 10.2 Å². The molecule has 0 aliphatic heterocycles. The van der Waals surface area contributed by atoms with Crippen molar-refractivity contribution in [1.82, 2.24) is 0 Å². The van der Waals surface area contributed by atoms with Crippen LogP contribution in [0.4, 0.5) is 0 Å². The molecule has 1 aromatic rings. The van der Waals surface area contributed by atoms with Crippen molar-refractivity contribution in [3.63, 3.8) is 0 Å². The summed E-state index contributed by atoms with van der Waals surface area (Å²) in [5.41, 5.74) is 8.61. The van der Waals surface area contributed by atoms with Crippen molar-refractivity contribution in [2.45, 2.75) is 102 Å². The Morgan fingerprint density at radius 2 is 1.73 bits per heavy atom. The molecule has 1 aromatic carbocycles. The van der Waals surface area contributed by atoms with Gasteiger partial charge in [-0.2, -0.15) is 0 Å². The Balaban J connectivity index is 1.43. The maximum Gasteiger partial charge on any atom is 0.115 e. The molecule has 2 fully saturated rings. The van der Waals surface area contributed by atoms with Crippen LogP contribution in [0.5, 0.6) is 5.75 Å². The first-order valence-electron chi connectivity index (χ1n) is 12.7. The van der Waals surface area contributed by atoms with E-state index in [0.29, 0.717) is 29.4 Å². The van der Waals surface area contributed by atoms with Gasteiger partial charge in [0.2, 0.25) is 0 Å². The van der Waals surface area contributed by atoms with Crippen LogP contribution in [0.15, 0.2) is 18.2 Å². The van der Waals surface area contributed by atoms with Gasteiger partial charge >= 0.3 is 0 Å². The molecule has 30 heavy (non-hydrogen) atoms. The van der Waals surface area contributed by atoms with Gasteiger partial charge in [0.1, 0.15) is 5.75 Å². The molecule has 0 heterocycles. The number of phenolic OH excluding ortho intramolecular Hbond substituents is 1. The highest BCUT2D eigenvalue weighted by Crippen LogP contribution is 2.62. The van der Waals surface area contributed by atoms with Crippen LogP contribution in [0.25, 0.3) is 0 Å². The quantitative estimate of drug-likeness (QED) is 0.441. The predicted octanol–water partition coefficient (Wildman–Crippen LogP) is 5.91. The van der Waals surface area contributed by atoms with E-state index in [1.807, 2.05) is 12.1 Å². The normalized spacial score (nSPS) is 35.0.